The molecule has 3 nitrogen and oxygen atoms in total. The van der Waals surface area contributed by atoms with Crippen molar-refractivity contribution in [3.05, 3.63) is 25.6 Å². The maximum absolute atomic E-state index is 12.6. The van der Waals surface area contributed by atoms with Gasteiger partial charge in [0.25, 0.3) is 5.56 Å². The highest BCUT2D eigenvalue weighted by molar-refractivity contribution is 7.71. The molecule has 18 heavy (non-hydrogen) atoms. The van der Waals surface area contributed by atoms with E-state index in [-0.39, 0.29) is 5.56 Å². The van der Waals surface area contributed by atoms with Crippen LogP contribution in [0.5, 0.6) is 0 Å². The predicted molar refractivity (Wildman–Crippen MR) is 78.1 cm³/mol. The summed E-state index contributed by atoms with van der Waals surface area (Å²) in [5.74, 6) is 0.418. The van der Waals surface area contributed by atoms with E-state index in [4.69, 9.17) is 12.2 Å². The second-order valence-electron chi connectivity index (χ2n) is 5.30. The van der Waals surface area contributed by atoms with Crippen molar-refractivity contribution < 1.29 is 0 Å². The number of aryl methyl sites for hydroxylation is 2. The maximum atomic E-state index is 12.6. The van der Waals surface area contributed by atoms with E-state index in [1.165, 1.54) is 16.9 Å². The second kappa shape index (κ2) is 4.31. The molecule has 1 aliphatic rings. The normalized spacial score (nSPS) is 14.6. The van der Waals surface area contributed by atoms with Gasteiger partial charge in [0.1, 0.15) is 4.83 Å². The molecule has 0 saturated carbocycles. The molecule has 0 amide bonds. The van der Waals surface area contributed by atoms with Gasteiger partial charge in [-0.05, 0) is 43.0 Å². The first kappa shape index (κ1) is 12.1. The van der Waals surface area contributed by atoms with Crippen molar-refractivity contribution in [1.82, 2.24) is 9.55 Å². The van der Waals surface area contributed by atoms with Gasteiger partial charge in [-0.3, -0.25) is 9.36 Å². The average molecular weight is 280 g/mol. The molecule has 0 radical (unpaired) electrons. The van der Waals surface area contributed by atoms with E-state index >= 15 is 0 Å². The number of H-pyrrole nitrogens is 1. The summed E-state index contributed by atoms with van der Waals surface area (Å²) in [5, 5.41) is 0.891. The molecular formula is C13H16N2OS2. The Bertz CT molecular complexity index is 721. The molecule has 96 valence electrons. The summed E-state index contributed by atoms with van der Waals surface area (Å²) in [5.41, 5.74) is 1.37. The average Bonchev–Trinajstić information content (AvgIpc) is 2.83. The Hall–Kier alpha value is -0.940. The molecule has 0 fully saturated rings. The highest BCUT2D eigenvalue weighted by Gasteiger charge is 2.21. The molecule has 2 aromatic rings. The first-order valence-electron chi connectivity index (χ1n) is 6.35. The molecule has 0 atom stereocenters. The molecule has 3 rings (SSSR count). The number of aromatic nitrogens is 2. The van der Waals surface area contributed by atoms with Gasteiger partial charge in [0, 0.05) is 11.4 Å². The Labute approximate surface area is 114 Å². The lowest BCUT2D eigenvalue weighted by molar-refractivity contribution is 0.503. The van der Waals surface area contributed by atoms with E-state index in [0.29, 0.717) is 17.2 Å². The number of aromatic amines is 1. The molecular weight excluding hydrogens is 264 g/mol. The lowest BCUT2D eigenvalue weighted by Crippen LogP contribution is -2.24. The van der Waals surface area contributed by atoms with Crippen LogP contribution in [-0.4, -0.2) is 9.55 Å². The van der Waals surface area contributed by atoms with Gasteiger partial charge in [0.05, 0.1) is 5.39 Å². The summed E-state index contributed by atoms with van der Waals surface area (Å²) >= 11 is 7.01. The number of rotatable bonds is 2. The topological polar surface area (TPSA) is 37.8 Å². The number of thiophene rings is 1. The molecule has 5 heteroatoms. The summed E-state index contributed by atoms with van der Waals surface area (Å²) < 4.78 is 2.27. The van der Waals surface area contributed by atoms with Gasteiger partial charge in [0.15, 0.2) is 4.77 Å². The molecule has 0 bridgehead atoms. The summed E-state index contributed by atoms with van der Waals surface area (Å²) in [6.45, 7) is 4.89. The van der Waals surface area contributed by atoms with Crippen LogP contribution in [-0.2, 0) is 19.4 Å². The molecule has 1 aliphatic carbocycles. The van der Waals surface area contributed by atoms with Crippen LogP contribution in [0.4, 0.5) is 0 Å². The van der Waals surface area contributed by atoms with Crippen LogP contribution in [0, 0.1) is 10.7 Å². The van der Waals surface area contributed by atoms with E-state index in [9.17, 15) is 4.79 Å². The Morgan fingerprint density at radius 2 is 2.22 bits per heavy atom. The van der Waals surface area contributed by atoms with Gasteiger partial charge in [-0.1, -0.05) is 13.8 Å². The molecule has 0 unspecified atom stereocenters. The van der Waals surface area contributed by atoms with Crippen LogP contribution in [0.3, 0.4) is 0 Å². The number of hydrogen-bond acceptors (Lipinski definition) is 3. The van der Waals surface area contributed by atoms with E-state index in [1.807, 2.05) is 0 Å². The SMILES string of the molecule is CC(C)Cn1c(=S)[nH]c2sc3c(c2c1=O)CCC3. The van der Waals surface area contributed by atoms with E-state index in [0.717, 1.165) is 23.1 Å². The highest BCUT2D eigenvalue weighted by atomic mass is 32.1. The van der Waals surface area contributed by atoms with E-state index in [1.54, 1.807) is 15.9 Å². The maximum Gasteiger partial charge on any atom is 0.263 e. The molecule has 0 aliphatic heterocycles. The van der Waals surface area contributed by atoms with Gasteiger partial charge >= 0.3 is 0 Å². The molecule has 0 spiro atoms. The van der Waals surface area contributed by atoms with Crippen molar-refractivity contribution in [1.29, 1.82) is 0 Å². The third kappa shape index (κ3) is 1.77. The lowest BCUT2D eigenvalue weighted by Gasteiger charge is -2.09. The van der Waals surface area contributed by atoms with E-state index < -0.39 is 0 Å². The van der Waals surface area contributed by atoms with Crippen LogP contribution in [0.15, 0.2) is 4.79 Å². The Kier molecular flexibility index (Phi) is 2.90. The zero-order valence-corrected chi connectivity index (χ0v) is 12.2. The van der Waals surface area contributed by atoms with Gasteiger partial charge < -0.3 is 4.98 Å². The monoisotopic (exact) mass is 280 g/mol. The Balaban J connectivity index is 2.33. The molecule has 0 saturated heterocycles. The first-order chi connectivity index (χ1) is 8.58. The zero-order chi connectivity index (χ0) is 12.9. The summed E-state index contributed by atoms with van der Waals surface area (Å²) in [6, 6.07) is 0. The summed E-state index contributed by atoms with van der Waals surface area (Å²) in [6.07, 6.45) is 3.33. The van der Waals surface area contributed by atoms with E-state index in [2.05, 4.69) is 18.8 Å². The molecule has 1 N–H and O–H groups in total. The minimum atomic E-state index is 0.0989. The summed E-state index contributed by atoms with van der Waals surface area (Å²) in [7, 11) is 0. The van der Waals surface area contributed by atoms with Crippen LogP contribution in [0.1, 0.15) is 30.7 Å². The fourth-order valence-corrected chi connectivity index (χ4v) is 4.25. The Morgan fingerprint density at radius 1 is 1.44 bits per heavy atom. The van der Waals surface area contributed by atoms with Gasteiger partial charge in [-0.15, -0.1) is 11.3 Å². The quantitative estimate of drug-likeness (QED) is 0.857. The highest BCUT2D eigenvalue weighted by Crippen LogP contribution is 2.34. The zero-order valence-electron chi connectivity index (χ0n) is 10.6. The van der Waals surface area contributed by atoms with Crippen molar-refractivity contribution in [3.8, 4) is 0 Å². The fraction of sp³-hybridized carbons (Fsp3) is 0.538. The smallest absolute Gasteiger partial charge is 0.263 e. The molecule has 2 aromatic heterocycles. The third-order valence-electron chi connectivity index (χ3n) is 3.39. The van der Waals surface area contributed by atoms with Gasteiger partial charge in [-0.2, -0.15) is 0 Å². The van der Waals surface area contributed by atoms with Crippen LogP contribution < -0.4 is 5.56 Å². The van der Waals surface area contributed by atoms with Crippen LogP contribution in [0.2, 0.25) is 0 Å². The van der Waals surface area contributed by atoms with Crippen molar-refractivity contribution in [2.24, 2.45) is 5.92 Å². The summed E-state index contributed by atoms with van der Waals surface area (Å²) in [4.78, 5) is 18.2. The number of fused-ring (bicyclic) bond motifs is 3. The molecule has 2 heterocycles. The number of nitrogens with zero attached hydrogens (tertiary/aromatic N) is 1. The standard InChI is InChI=1S/C13H16N2OS2/c1-7(2)6-15-12(16)10-8-4-3-5-9(8)18-11(10)14-13(15)17/h7H,3-6H2,1-2H3,(H,14,17). The first-order valence-corrected chi connectivity index (χ1v) is 7.57. The van der Waals surface area contributed by atoms with Gasteiger partial charge in [0.2, 0.25) is 0 Å². The van der Waals surface area contributed by atoms with Crippen LogP contribution in [0.25, 0.3) is 10.2 Å². The third-order valence-corrected chi connectivity index (χ3v) is 4.92. The number of nitrogens with one attached hydrogen (secondary N) is 1. The van der Waals surface area contributed by atoms with Crippen molar-refractivity contribution >= 4 is 33.8 Å². The van der Waals surface area contributed by atoms with Crippen molar-refractivity contribution in [2.75, 3.05) is 0 Å². The van der Waals surface area contributed by atoms with Crippen molar-refractivity contribution in [3.63, 3.8) is 0 Å². The number of hydrogen-bond donors (Lipinski definition) is 1. The van der Waals surface area contributed by atoms with Gasteiger partial charge in [-0.25, -0.2) is 0 Å². The minimum Gasteiger partial charge on any atom is -0.323 e. The van der Waals surface area contributed by atoms with Crippen molar-refractivity contribution in [2.45, 2.75) is 39.7 Å². The minimum absolute atomic E-state index is 0.0989. The largest absolute Gasteiger partial charge is 0.323 e. The predicted octanol–water partition coefficient (Wildman–Crippen LogP) is 3.27. The Morgan fingerprint density at radius 3 is 2.94 bits per heavy atom. The van der Waals surface area contributed by atoms with Crippen LogP contribution >= 0.6 is 23.6 Å². The second-order valence-corrected chi connectivity index (χ2v) is 6.79. The lowest BCUT2D eigenvalue weighted by atomic mass is 10.2. The molecule has 0 aromatic carbocycles. The fourth-order valence-electron chi connectivity index (χ4n) is 2.64.